The van der Waals surface area contributed by atoms with E-state index >= 15 is 0 Å². The molecule has 8 heteroatoms. The average Bonchev–Trinajstić information content (AvgIpc) is 3.09. The van der Waals surface area contributed by atoms with Crippen molar-refractivity contribution in [2.45, 2.75) is 18.9 Å². The molecule has 3 aromatic rings. The van der Waals surface area contributed by atoms with Gasteiger partial charge < -0.3 is 9.64 Å². The lowest BCUT2D eigenvalue weighted by molar-refractivity contribution is 0.163. The highest BCUT2D eigenvalue weighted by molar-refractivity contribution is 5.80. The second-order valence-electron chi connectivity index (χ2n) is 6.71. The van der Waals surface area contributed by atoms with Gasteiger partial charge in [-0.3, -0.25) is 4.68 Å². The molecule has 28 heavy (non-hydrogen) atoms. The van der Waals surface area contributed by atoms with Crippen LogP contribution in [0.15, 0.2) is 30.5 Å². The summed E-state index contributed by atoms with van der Waals surface area (Å²) in [6.07, 6.45) is 2.91. The molecule has 0 aliphatic carbocycles. The Hall–Kier alpha value is -3.65. The Morgan fingerprint density at radius 3 is 2.64 bits per heavy atom. The number of fused-ring (bicyclic) bond motifs is 1. The van der Waals surface area contributed by atoms with Crippen molar-refractivity contribution in [1.82, 2.24) is 14.8 Å². The molecule has 3 heterocycles. The Bertz CT molecular complexity index is 1120. The fourth-order valence-electron chi connectivity index (χ4n) is 3.42. The van der Waals surface area contributed by atoms with E-state index in [1.165, 1.54) is 12.1 Å². The van der Waals surface area contributed by atoms with Crippen LogP contribution in [0.1, 0.15) is 24.0 Å². The summed E-state index contributed by atoms with van der Waals surface area (Å²) in [7, 11) is 1.82. The van der Waals surface area contributed by atoms with Crippen molar-refractivity contribution >= 4 is 16.9 Å². The van der Waals surface area contributed by atoms with E-state index in [2.05, 4.69) is 21.1 Å². The lowest BCUT2D eigenvalue weighted by Crippen LogP contribution is -2.39. The molecule has 0 unspecified atom stereocenters. The molecule has 2 aromatic heterocycles. The van der Waals surface area contributed by atoms with Gasteiger partial charge in [-0.1, -0.05) is 0 Å². The molecule has 1 aliphatic rings. The van der Waals surface area contributed by atoms with E-state index < -0.39 is 5.82 Å². The van der Waals surface area contributed by atoms with E-state index in [0.29, 0.717) is 37.3 Å². The Kier molecular flexibility index (Phi) is 4.54. The van der Waals surface area contributed by atoms with Crippen LogP contribution in [0, 0.1) is 28.5 Å². The van der Waals surface area contributed by atoms with Crippen LogP contribution >= 0.6 is 0 Å². The standard InChI is InChI=1S/C20H17FN6O/c1-26-19-15(12-24-26)9-14(11-23)20(25-19)27-6-4-16(5-7-27)28-18-3-2-13(10-22)8-17(18)21/h2-3,8-9,12,16H,4-7H2,1H3. The van der Waals surface area contributed by atoms with Crippen molar-refractivity contribution in [1.29, 1.82) is 10.5 Å². The number of rotatable bonds is 3. The summed E-state index contributed by atoms with van der Waals surface area (Å²) in [5.41, 5.74) is 1.50. The quantitative estimate of drug-likeness (QED) is 0.698. The fourth-order valence-corrected chi connectivity index (χ4v) is 3.42. The molecular formula is C20H17FN6O. The molecule has 4 rings (SSSR count). The van der Waals surface area contributed by atoms with Crippen LogP contribution in [0.2, 0.25) is 0 Å². The average molecular weight is 376 g/mol. The summed E-state index contributed by atoms with van der Waals surface area (Å²) in [6.45, 7) is 1.29. The number of benzene rings is 1. The molecule has 0 saturated carbocycles. The van der Waals surface area contributed by atoms with Gasteiger partial charge in [0.1, 0.15) is 18.0 Å². The minimum Gasteiger partial charge on any atom is -0.487 e. The summed E-state index contributed by atoms with van der Waals surface area (Å²) in [5.74, 6) is 0.266. The second-order valence-corrected chi connectivity index (χ2v) is 6.71. The number of piperidine rings is 1. The van der Waals surface area contributed by atoms with Gasteiger partial charge in [0.2, 0.25) is 0 Å². The zero-order chi connectivity index (χ0) is 19.7. The van der Waals surface area contributed by atoms with Gasteiger partial charge in [-0.2, -0.15) is 15.6 Å². The first-order chi connectivity index (χ1) is 13.6. The second kappa shape index (κ2) is 7.16. The Morgan fingerprint density at radius 2 is 1.96 bits per heavy atom. The van der Waals surface area contributed by atoms with Crippen LogP contribution in [-0.4, -0.2) is 34.0 Å². The number of pyridine rings is 1. The maximum Gasteiger partial charge on any atom is 0.166 e. The topological polar surface area (TPSA) is 90.8 Å². The molecule has 7 nitrogen and oxygen atoms in total. The zero-order valence-corrected chi connectivity index (χ0v) is 15.3. The van der Waals surface area contributed by atoms with E-state index in [0.717, 1.165) is 11.0 Å². The molecule has 0 atom stereocenters. The van der Waals surface area contributed by atoms with Gasteiger partial charge >= 0.3 is 0 Å². The highest BCUT2D eigenvalue weighted by Crippen LogP contribution is 2.28. The number of nitrogens with zero attached hydrogens (tertiary/aromatic N) is 6. The summed E-state index contributed by atoms with van der Waals surface area (Å²) < 4.78 is 21.5. The third-order valence-corrected chi connectivity index (χ3v) is 4.90. The summed E-state index contributed by atoms with van der Waals surface area (Å²) in [4.78, 5) is 6.70. The summed E-state index contributed by atoms with van der Waals surface area (Å²) in [5, 5.41) is 23.3. The fraction of sp³-hybridized carbons (Fsp3) is 0.300. The van der Waals surface area contributed by atoms with Crippen LogP contribution in [0.25, 0.3) is 11.0 Å². The van der Waals surface area contributed by atoms with Crippen molar-refractivity contribution in [3.63, 3.8) is 0 Å². The lowest BCUT2D eigenvalue weighted by Gasteiger charge is -2.33. The number of aryl methyl sites for hydroxylation is 1. The minimum absolute atomic E-state index is 0.135. The number of ether oxygens (including phenoxy) is 1. The number of hydrogen-bond acceptors (Lipinski definition) is 6. The predicted octanol–water partition coefficient (Wildman–Crippen LogP) is 2.90. The van der Waals surface area contributed by atoms with Gasteiger partial charge in [0.15, 0.2) is 17.2 Å². The monoisotopic (exact) mass is 376 g/mol. The molecular weight excluding hydrogens is 359 g/mol. The summed E-state index contributed by atoms with van der Waals surface area (Å²) >= 11 is 0. The van der Waals surface area contributed by atoms with E-state index in [9.17, 15) is 9.65 Å². The Labute approximate surface area is 161 Å². The first-order valence-electron chi connectivity index (χ1n) is 8.93. The van der Waals surface area contributed by atoms with E-state index in [1.54, 1.807) is 23.0 Å². The molecule has 0 radical (unpaired) electrons. The van der Waals surface area contributed by atoms with Gasteiger partial charge in [-0.25, -0.2) is 9.37 Å². The minimum atomic E-state index is -0.531. The van der Waals surface area contributed by atoms with Crippen LogP contribution in [0.3, 0.4) is 0 Å². The number of hydrogen-bond donors (Lipinski definition) is 0. The highest BCUT2D eigenvalue weighted by atomic mass is 19.1. The third kappa shape index (κ3) is 3.21. The van der Waals surface area contributed by atoms with Gasteiger partial charge in [-0.15, -0.1) is 0 Å². The van der Waals surface area contributed by atoms with Crippen molar-refractivity contribution in [3.8, 4) is 17.9 Å². The number of aromatic nitrogens is 3. The molecule has 1 fully saturated rings. The van der Waals surface area contributed by atoms with Gasteiger partial charge in [0.25, 0.3) is 0 Å². The normalized spacial score (nSPS) is 14.6. The maximum absolute atomic E-state index is 14.0. The van der Waals surface area contributed by atoms with Gasteiger partial charge in [-0.05, 0) is 24.3 Å². The Balaban J connectivity index is 1.49. The highest BCUT2D eigenvalue weighted by Gasteiger charge is 2.25. The van der Waals surface area contributed by atoms with Gasteiger partial charge in [0.05, 0.1) is 23.4 Å². The van der Waals surface area contributed by atoms with Crippen LogP contribution < -0.4 is 9.64 Å². The number of anilines is 1. The first kappa shape index (κ1) is 17.7. The van der Waals surface area contributed by atoms with Crippen molar-refractivity contribution in [2.75, 3.05) is 18.0 Å². The molecule has 0 spiro atoms. The van der Waals surface area contributed by atoms with Crippen LogP contribution in [0.4, 0.5) is 10.2 Å². The molecule has 0 bridgehead atoms. The number of nitriles is 2. The van der Waals surface area contributed by atoms with Crippen LogP contribution in [-0.2, 0) is 7.05 Å². The van der Waals surface area contributed by atoms with Crippen LogP contribution in [0.5, 0.6) is 5.75 Å². The zero-order valence-electron chi connectivity index (χ0n) is 15.3. The maximum atomic E-state index is 14.0. The largest absolute Gasteiger partial charge is 0.487 e. The summed E-state index contributed by atoms with van der Waals surface area (Å²) in [6, 6.07) is 10.1. The Morgan fingerprint density at radius 1 is 1.18 bits per heavy atom. The van der Waals surface area contributed by atoms with E-state index in [1.807, 2.05) is 13.1 Å². The van der Waals surface area contributed by atoms with Crippen molar-refractivity contribution in [3.05, 3.63) is 47.4 Å². The molecule has 0 amide bonds. The van der Waals surface area contributed by atoms with Crippen molar-refractivity contribution in [2.24, 2.45) is 7.05 Å². The first-order valence-corrected chi connectivity index (χ1v) is 8.93. The third-order valence-electron chi connectivity index (χ3n) is 4.90. The molecule has 1 aliphatic heterocycles. The number of halogens is 1. The van der Waals surface area contributed by atoms with Crippen molar-refractivity contribution < 1.29 is 9.13 Å². The lowest BCUT2D eigenvalue weighted by atomic mass is 10.1. The smallest absolute Gasteiger partial charge is 0.166 e. The van der Waals surface area contributed by atoms with E-state index in [-0.39, 0.29) is 17.4 Å². The van der Waals surface area contributed by atoms with E-state index in [4.69, 9.17) is 10.00 Å². The molecule has 1 aromatic carbocycles. The predicted molar refractivity (Wildman–Crippen MR) is 100 cm³/mol. The molecule has 1 saturated heterocycles. The molecule has 140 valence electrons. The SMILES string of the molecule is Cn1ncc2cc(C#N)c(N3CCC(Oc4ccc(C#N)cc4F)CC3)nc21. The molecule has 0 N–H and O–H groups in total. The van der Waals surface area contributed by atoms with Gasteiger partial charge in [0, 0.05) is 38.4 Å².